The third-order valence-electron chi connectivity index (χ3n) is 3.96. The number of alkyl carbamates (subject to hydrolysis) is 1. The number of aryl methyl sites for hydroxylation is 1. The number of carbonyl (C=O) groups excluding carboxylic acids is 1. The highest BCUT2D eigenvalue weighted by Crippen LogP contribution is 2.28. The number of halogens is 1. The van der Waals surface area contributed by atoms with E-state index in [0.29, 0.717) is 19.4 Å². The average Bonchev–Trinajstić information content (AvgIpc) is 2.44. The number of nitrogens with one attached hydrogen (secondary N) is 1. The van der Waals surface area contributed by atoms with E-state index in [9.17, 15) is 14.3 Å². The summed E-state index contributed by atoms with van der Waals surface area (Å²) in [6.45, 7) is 9.43. The highest BCUT2D eigenvalue weighted by molar-refractivity contribution is 5.67. The zero-order valence-corrected chi connectivity index (χ0v) is 14.7. The number of carbonyl (C=O) groups is 1. The van der Waals surface area contributed by atoms with Gasteiger partial charge in [-0.25, -0.2) is 9.18 Å². The van der Waals surface area contributed by atoms with Gasteiger partial charge in [0.15, 0.2) is 0 Å². The summed E-state index contributed by atoms with van der Waals surface area (Å²) < 4.78 is 18.5. The van der Waals surface area contributed by atoms with Crippen LogP contribution < -0.4 is 5.32 Å². The Hall–Kier alpha value is -1.62. The molecule has 1 atom stereocenters. The lowest BCUT2D eigenvalue weighted by Crippen LogP contribution is -2.43. The molecule has 0 spiro atoms. The fourth-order valence-electron chi connectivity index (χ4n) is 2.37. The molecule has 0 bridgehead atoms. The molecule has 0 radical (unpaired) electrons. The van der Waals surface area contributed by atoms with Crippen LogP contribution in [-0.2, 0) is 11.2 Å². The normalized spacial score (nSPS) is 14.2. The van der Waals surface area contributed by atoms with Crippen molar-refractivity contribution in [3.05, 3.63) is 35.1 Å². The van der Waals surface area contributed by atoms with Gasteiger partial charge in [0.1, 0.15) is 11.4 Å². The monoisotopic (exact) mass is 325 g/mol. The smallest absolute Gasteiger partial charge is 0.407 e. The highest BCUT2D eigenvalue weighted by Gasteiger charge is 2.30. The minimum absolute atomic E-state index is 0.0733. The summed E-state index contributed by atoms with van der Waals surface area (Å²) >= 11 is 0. The zero-order chi connectivity index (χ0) is 17.7. The summed E-state index contributed by atoms with van der Waals surface area (Å²) in [5.74, 6) is -0.274. The quantitative estimate of drug-likeness (QED) is 0.840. The average molecular weight is 325 g/mol. The van der Waals surface area contributed by atoms with Crippen LogP contribution in [0.25, 0.3) is 0 Å². The minimum atomic E-state index is -0.564. The standard InChI is InChI=1S/C18H28FNO3/c1-6-18(12-21,11-20-16(22)23-17(3,4)5)10-14-7-8-15(19)9-13(14)2/h7-9,21H,6,10-12H2,1-5H3,(H,20,22). The molecule has 0 saturated carbocycles. The Morgan fingerprint density at radius 2 is 2.00 bits per heavy atom. The van der Waals surface area contributed by atoms with Crippen LogP contribution >= 0.6 is 0 Å². The van der Waals surface area contributed by atoms with Gasteiger partial charge >= 0.3 is 6.09 Å². The molecule has 0 heterocycles. The minimum Gasteiger partial charge on any atom is -0.444 e. The van der Waals surface area contributed by atoms with Crippen molar-refractivity contribution in [3.63, 3.8) is 0 Å². The first-order chi connectivity index (χ1) is 10.6. The van der Waals surface area contributed by atoms with Crippen molar-refractivity contribution in [3.8, 4) is 0 Å². The van der Waals surface area contributed by atoms with E-state index in [1.54, 1.807) is 26.8 Å². The zero-order valence-electron chi connectivity index (χ0n) is 14.7. The molecular weight excluding hydrogens is 297 g/mol. The predicted octanol–water partition coefficient (Wildman–Crippen LogP) is 3.59. The predicted molar refractivity (Wildman–Crippen MR) is 88.9 cm³/mol. The molecule has 0 aliphatic rings. The van der Waals surface area contributed by atoms with Crippen molar-refractivity contribution in [1.82, 2.24) is 5.32 Å². The molecule has 2 N–H and O–H groups in total. The number of aliphatic hydroxyl groups is 1. The van der Waals surface area contributed by atoms with Crippen LogP contribution in [0.3, 0.4) is 0 Å². The first-order valence-corrected chi connectivity index (χ1v) is 7.93. The Balaban J connectivity index is 2.80. The lowest BCUT2D eigenvalue weighted by atomic mass is 9.79. The number of amides is 1. The number of hydrogen-bond acceptors (Lipinski definition) is 3. The van der Waals surface area contributed by atoms with E-state index >= 15 is 0 Å². The van der Waals surface area contributed by atoms with Gasteiger partial charge in [-0.1, -0.05) is 13.0 Å². The van der Waals surface area contributed by atoms with Crippen LogP contribution in [0.1, 0.15) is 45.2 Å². The topological polar surface area (TPSA) is 58.6 Å². The van der Waals surface area contributed by atoms with Gasteiger partial charge in [0.2, 0.25) is 0 Å². The molecule has 1 rings (SSSR count). The fraction of sp³-hybridized carbons (Fsp3) is 0.611. The Bertz CT molecular complexity index is 534. The molecule has 1 aromatic rings. The Morgan fingerprint density at radius 1 is 1.35 bits per heavy atom. The largest absolute Gasteiger partial charge is 0.444 e. The van der Waals surface area contributed by atoms with E-state index in [0.717, 1.165) is 11.1 Å². The highest BCUT2D eigenvalue weighted by atomic mass is 19.1. The molecule has 1 aromatic carbocycles. The van der Waals surface area contributed by atoms with Crippen molar-refractivity contribution in [2.45, 2.75) is 53.1 Å². The molecule has 0 aliphatic carbocycles. The molecule has 1 unspecified atom stereocenters. The van der Waals surface area contributed by atoms with Crippen molar-refractivity contribution in [2.24, 2.45) is 5.41 Å². The Kier molecular flexibility index (Phi) is 6.57. The molecule has 4 nitrogen and oxygen atoms in total. The van der Waals surface area contributed by atoms with Crippen LogP contribution in [0, 0.1) is 18.2 Å². The van der Waals surface area contributed by atoms with Gasteiger partial charge in [-0.05, 0) is 63.8 Å². The maximum Gasteiger partial charge on any atom is 0.407 e. The number of rotatable bonds is 6. The number of benzene rings is 1. The summed E-state index contributed by atoms with van der Waals surface area (Å²) in [5, 5.41) is 12.6. The summed E-state index contributed by atoms with van der Waals surface area (Å²) in [6, 6.07) is 4.63. The van der Waals surface area contributed by atoms with Crippen LogP contribution in [0.4, 0.5) is 9.18 Å². The number of aliphatic hydroxyl groups excluding tert-OH is 1. The first-order valence-electron chi connectivity index (χ1n) is 7.93. The molecule has 130 valence electrons. The molecule has 0 aromatic heterocycles. The second-order valence-electron chi connectivity index (χ2n) is 7.11. The molecule has 0 aliphatic heterocycles. The van der Waals surface area contributed by atoms with Gasteiger partial charge in [-0.15, -0.1) is 0 Å². The van der Waals surface area contributed by atoms with Gasteiger partial charge in [0, 0.05) is 12.0 Å². The lowest BCUT2D eigenvalue weighted by molar-refractivity contribution is 0.0461. The van der Waals surface area contributed by atoms with Crippen molar-refractivity contribution in [2.75, 3.05) is 13.2 Å². The first kappa shape index (κ1) is 19.4. The molecule has 1 amide bonds. The molecule has 0 fully saturated rings. The second kappa shape index (κ2) is 7.77. The van der Waals surface area contributed by atoms with E-state index < -0.39 is 17.1 Å². The van der Waals surface area contributed by atoms with Crippen LogP contribution in [0.5, 0.6) is 0 Å². The summed E-state index contributed by atoms with van der Waals surface area (Å²) in [5.41, 5.74) is 0.743. The lowest BCUT2D eigenvalue weighted by Gasteiger charge is -2.32. The Labute approximate surface area is 138 Å². The van der Waals surface area contributed by atoms with E-state index in [4.69, 9.17) is 4.74 Å². The Morgan fingerprint density at radius 3 is 2.48 bits per heavy atom. The van der Waals surface area contributed by atoms with Crippen molar-refractivity contribution >= 4 is 6.09 Å². The van der Waals surface area contributed by atoms with Crippen LogP contribution in [0.15, 0.2) is 18.2 Å². The fourth-order valence-corrected chi connectivity index (χ4v) is 2.37. The maximum atomic E-state index is 13.2. The molecular formula is C18H28FNO3. The second-order valence-corrected chi connectivity index (χ2v) is 7.11. The van der Waals surface area contributed by atoms with Crippen molar-refractivity contribution in [1.29, 1.82) is 0 Å². The van der Waals surface area contributed by atoms with Gasteiger partial charge in [0.05, 0.1) is 6.61 Å². The van der Waals surface area contributed by atoms with E-state index in [2.05, 4.69) is 5.32 Å². The van der Waals surface area contributed by atoms with Crippen LogP contribution in [0.2, 0.25) is 0 Å². The summed E-state index contributed by atoms with van der Waals surface area (Å²) in [6.07, 6.45) is 0.734. The van der Waals surface area contributed by atoms with Gasteiger partial charge in [-0.2, -0.15) is 0 Å². The third-order valence-corrected chi connectivity index (χ3v) is 3.96. The molecule has 5 heteroatoms. The van der Waals surface area contributed by atoms with E-state index in [1.807, 2.05) is 13.8 Å². The van der Waals surface area contributed by atoms with E-state index in [1.165, 1.54) is 12.1 Å². The van der Waals surface area contributed by atoms with Gasteiger partial charge in [0.25, 0.3) is 0 Å². The maximum absolute atomic E-state index is 13.2. The summed E-state index contributed by atoms with van der Waals surface area (Å²) in [4.78, 5) is 11.8. The van der Waals surface area contributed by atoms with Crippen LogP contribution in [-0.4, -0.2) is 30.0 Å². The number of hydrogen-bond donors (Lipinski definition) is 2. The SMILES string of the molecule is CCC(CO)(CNC(=O)OC(C)(C)C)Cc1ccc(F)cc1C. The molecule has 23 heavy (non-hydrogen) atoms. The van der Waals surface area contributed by atoms with E-state index in [-0.39, 0.29) is 12.4 Å². The third kappa shape index (κ3) is 6.18. The van der Waals surface area contributed by atoms with Crippen molar-refractivity contribution < 1.29 is 19.0 Å². The van der Waals surface area contributed by atoms with Gasteiger partial charge in [-0.3, -0.25) is 0 Å². The molecule has 0 saturated heterocycles. The number of ether oxygens (including phenoxy) is 1. The van der Waals surface area contributed by atoms with Gasteiger partial charge < -0.3 is 15.2 Å². The summed E-state index contributed by atoms with van der Waals surface area (Å²) in [7, 11) is 0.